The zero-order valence-electron chi connectivity index (χ0n) is 26.1. The van der Waals surface area contributed by atoms with Crippen molar-refractivity contribution in [2.75, 3.05) is 12.3 Å². The monoisotopic (exact) mass is 676 g/mol. The Labute approximate surface area is 276 Å². The van der Waals surface area contributed by atoms with Crippen LogP contribution in [0.25, 0.3) is 6.08 Å². The molecule has 2 heterocycles. The summed E-state index contributed by atoms with van der Waals surface area (Å²) in [5.74, 6) is -3.37. The highest BCUT2D eigenvalue weighted by Gasteiger charge is 2.42. The number of carboxylic acids is 2. The standard InChI is InChI=1S/C31H44N6O9S/c1-17(38)26(30(44)45)36-29(43)21(34-28(42)20(32)12-13-25(40)41)15-19-10-8-18(9-11-19)5-4-14-33-24(39)7-3-2-6-23-27-22(16-47-23)35-31(46)37-27/h4-5,8-11,17,20-23,26-27,38H,2-3,6-7,12-16,32H2,1H3,(H,33,39)(H,34,42)(H,36,43)(H,40,41)(H,44,45)(H2,35,37,46)/b5-4+/t17-,20+,21+,22+,23+,26+,27+/m1/s1. The summed E-state index contributed by atoms with van der Waals surface area (Å²) in [6, 6.07) is 3.15. The Hall–Kier alpha value is -4.15. The first kappa shape index (κ1) is 37.3. The molecule has 0 unspecified atom stereocenters. The van der Waals surface area contributed by atoms with Gasteiger partial charge in [-0.05, 0) is 37.3 Å². The Morgan fingerprint density at radius 1 is 1.04 bits per heavy atom. The second-order valence-corrected chi connectivity index (χ2v) is 13.0. The summed E-state index contributed by atoms with van der Waals surface area (Å²) >= 11 is 1.85. The summed E-state index contributed by atoms with van der Waals surface area (Å²) in [7, 11) is 0. The maximum absolute atomic E-state index is 13.0. The predicted molar refractivity (Wildman–Crippen MR) is 174 cm³/mol. The van der Waals surface area contributed by atoms with Gasteiger partial charge in [0.05, 0.1) is 24.2 Å². The first-order valence-corrected chi connectivity index (χ1v) is 16.6. The molecule has 2 aliphatic heterocycles. The van der Waals surface area contributed by atoms with Gasteiger partial charge in [0, 0.05) is 36.8 Å². The minimum absolute atomic E-state index is 0.0401. The number of carbonyl (C=O) groups is 6. The molecule has 2 fully saturated rings. The van der Waals surface area contributed by atoms with Crippen molar-refractivity contribution in [2.24, 2.45) is 5.73 Å². The van der Waals surface area contributed by atoms with E-state index in [9.17, 15) is 39.0 Å². The Kier molecular flexibility index (Phi) is 14.5. The highest BCUT2D eigenvalue weighted by molar-refractivity contribution is 8.00. The topological polar surface area (TPSA) is 249 Å². The summed E-state index contributed by atoms with van der Waals surface area (Å²) in [6.07, 6.45) is 4.67. The van der Waals surface area contributed by atoms with E-state index in [0.717, 1.165) is 30.6 Å². The zero-order valence-corrected chi connectivity index (χ0v) is 27.0. The highest BCUT2D eigenvalue weighted by Crippen LogP contribution is 2.33. The summed E-state index contributed by atoms with van der Waals surface area (Å²) in [5.41, 5.74) is 7.22. The number of hydrogen-bond donors (Lipinski definition) is 9. The van der Waals surface area contributed by atoms with Crippen LogP contribution in [-0.2, 0) is 30.4 Å². The maximum Gasteiger partial charge on any atom is 0.328 e. The number of aliphatic hydroxyl groups is 1. The number of amides is 5. The van der Waals surface area contributed by atoms with Crippen molar-refractivity contribution in [1.29, 1.82) is 0 Å². The Balaban J connectivity index is 1.46. The van der Waals surface area contributed by atoms with Crippen LogP contribution in [0.5, 0.6) is 0 Å². The average Bonchev–Trinajstić information content (AvgIpc) is 3.57. The van der Waals surface area contributed by atoms with Crippen LogP contribution in [0, 0.1) is 0 Å². The number of nitrogens with two attached hydrogens (primary N) is 1. The summed E-state index contributed by atoms with van der Waals surface area (Å²) < 4.78 is 0. The van der Waals surface area contributed by atoms with Gasteiger partial charge in [0.25, 0.3) is 0 Å². The van der Waals surface area contributed by atoms with E-state index in [-0.39, 0.29) is 43.3 Å². The third-order valence-corrected chi connectivity index (χ3v) is 9.42. The molecule has 7 atom stereocenters. The van der Waals surface area contributed by atoms with E-state index in [1.165, 1.54) is 6.92 Å². The summed E-state index contributed by atoms with van der Waals surface area (Å²) in [6.45, 7) is 1.54. The molecule has 258 valence electrons. The van der Waals surface area contributed by atoms with Crippen LogP contribution < -0.4 is 32.3 Å². The fraction of sp³-hybridized carbons (Fsp3) is 0.548. The molecule has 0 aromatic heterocycles. The molecule has 15 nitrogen and oxygen atoms in total. The first-order chi connectivity index (χ1) is 22.3. The lowest BCUT2D eigenvalue weighted by Gasteiger charge is -2.24. The number of hydrogen-bond acceptors (Lipinski definition) is 9. The Bertz CT molecular complexity index is 1310. The third kappa shape index (κ3) is 12.2. The second kappa shape index (κ2) is 18.3. The maximum atomic E-state index is 13.0. The highest BCUT2D eigenvalue weighted by atomic mass is 32.2. The van der Waals surface area contributed by atoms with Gasteiger partial charge in [0.1, 0.15) is 6.04 Å². The van der Waals surface area contributed by atoms with Crippen molar-refractivity contribution in [1.82, 2.24) is 26.6 Å². The van der Waals surface area contributed by atoms with Crippen molar-refractivity contribution in [3.05, 3.63) is 41.5 Å². The molecule has 1 aromatic rings. The van der Waals surface area contributed by atoms with E-state index in [4.69, 9.17) is 10.8 Å². The molecule has 0 aliphatic carbocycles. The molecular formula is C31H44N6O9S. The Morgan fingerprint density at radius 2 is 1.77 bits per heavy atom. The molecule has 0 radical (unpaired) electrons. The third-order valence-electron chi connectivity index (χ3n) is 7.91. The predicted octanol–water partition coefficient (Wildman–Crippen LogP) is -0.289. The second-order valence-electron chi connectivity index (χ2n) is 11.7. The molecule has 0 saturated carbocycles. The average molecular weight is 677 g/mol. The van der Waals surface area contributed by atoms with Crippen molar-refractivity contribution >= 4 is 53.5 Å². The number of aliphatic hydroxyl groups excluding tert-OH is 1. The molecule has 1 aromatic carbocycles. The number of nitrogens with one attached hydrogen (secondary N) is 5. The van der Waals surface area contributed by atoms with E-state index in [1.54, 1.807) is 30.3 Å². The Morgan fingerprint density at radius 3 is 2.43 bits per heavy atom. The lowest BCUT2D eigenvalue weighted by atomic mass is 10.0. The van der Waals surface area contributed by atoms with Crippen molar-refractivity contribution in [3.8, 4) is 0 Å². The molecule has 0 bridgehead atoms. The van der Waals surface area contributed by atoms with Gasteiger partial charge in [-0.25, -0.2) is 9.59 Å². The lowest BCUT2D eigenvalue weighted by molar-refractivity contribution is -0.145. The van der Waals surface area contributed by atoms with Gasteiger partial charge >= 0.3 is 18.0 Å². The van der Waals surface area contributed by atoms with E-state index in [0.29, 0.717) is 23.8 Å². The fourth-order valence-corrected chi connectivity index (χ4v) is 6.82. The molecule has 0 spiro atoms. The van der Waals surface area contributed by atoms with Gasteiger partial charge in [-0.2, -0.15) is 11.8 Å². The van der Waals surface area contributed by atoms with Gasteiger partial charge in [-0.15, -0.1) is 0 Å². The quantitative estimate of drug-likeness (QED) is 0.0680. The number of carboxylic acid groups (broad SMARTS) is 2. The van der Waals surface area contributed by atoms with Crippen LogP contribution in [0.4, 0.5) is 4.79 Å². The van der Waals surface area contributed by atoms with Gasteiger partial charge in [-0.3, -0.25) is 19.2 Å². The van der Waals surface area contributed by atoms with Crippen LogP contribution in [0.2, 0.25) is 0 Å². The zero-order chi connectivity index (χ0) is 34.5. The van der Waals surface area contributed by atoms with Gasteiger partial charge < -0.3 is 47.6 Å². The number of carbonyl (C=O) groups excluding carboxylic acids is 4. The van der Waals surface area contributed by atoms with E-state index < -0.39 is 48.0 Å². The molecule has 47 heavy (non-hydrogen) atoms. The molecule has 10 N–H and O–H groups in total. The number of urea groups is 1. The van der Waals surface area contributed by atoms with Crippen LogP contribution >= 0.6 is 11.8 Å². The number of rotatable bonds is 19. The molecule has 3 rings (SSSR count). The van der Waals surface area contributed by atoms with E-state index in [2.05, 4.69) is 26.6 Å². The molecule has 16 heteroatoms. The van der Waals surface area contributed by atoms with Crippen molar-refractivity contribution in [3.63, 3.8) is 0 Å². The van der Waals surface area contributed by atoms with Crippen molar-refractivity contribution in [2.45, 2.75) is 93.4 Å². The van der Waals surface area contributed by atoms with Crippen LogP contribution in [0.15, 0.2) is 30.3 Å². The van der Waals surface area contributed by atoms with Gasteiger partial charge in [0.15, 0.2) is 6.04 Å². The molecule has 2 saturated heterocycles. The minimum atomic E-state index is -1.62. The van der Waals surface area contributed by atoms with Gasteiger partial charge in [-0.1, -0.05) is 42.8 Å². The lowest BCUT2D eigenvalue weighted by Crippen LogP contribution is -2.57. The van der Waals surface area contributed by atoms with Crippen LogP contribution in [-0.4, -0.2) is 105 Å². The first-order valence-electron chi connectivity index (χ1n) is 15.5. The van der Waals surface area contributed by atoms with Crippen molar-refractivity contribution < 1.29 is 44.1 Å². The fourth-order valence-electron chi connectivity index (χ4n) is 5.27. The number of aliphatic carboxylic acids is 2. The summed E-state index contributed by atoms with van der Waals surface area (Å²) in [5, 5.41) is 41.8. The number of thioether (sulfide) groups is 1. The smallest absolute Gasteiger partial charge is 0.328 e. The number of fused-ring (bicyclic) bond motifs is 1. The van der Waals surface area contributed by atoms with Gasteiger partial charge in [0.2, 0.25) is 17.7 Å². The minimum Gasteiger partial charge on any atom is -0.481 e. The normalized spacial score (nSPS) is 21.1. The van der Waals surface area contributed by atoms with Crippen LogP contribution in [0.3, 0.4) is 0 Å². The SMILES string of the molecule is C[C@@H](O)[C@H](NC(=O)[C@H](Cc1ccc(/C=C/CNC(=O)CCCC[C@@H]2SC[C@@H]3NC(=O)N[C@@H]32)cc1)NC(=O)[C@@H](N)CCC(=O)O)C(=O)O. The molecular weight excluding hydrogens is 632 g/mol. The molecule has 2 aliphatic rings. The van der Waals surface area contributed by atoms with E-state index in [1.807, 2.05) is 17.8 Å². The summed E-state index contributed by atoms with van der Waals surface area (Å²) in [4.78, 5) is 71.7. The number of benzene rings is 1. The van der Waals surface area contributed by atoms with E-state index >= 15 is 0 Å². The largest absolute Gasteiger partial charge is 0.481 e. The van der Waals surface area contributed by atoms with Crippen LogP contribution in [0.1, 0.15) is 56.6 Å². The molecule has 5 amide bonds. The number of unbranched alkanes of at least 4 members (excludes halogenated alkanes) is 1.